The molecule has 0 unspecified atom stereocenters. The van der Waals surface area contributed by atoms with E-state index in [1.165, 1.54) is 18.1 Å². The molecular weight excluding hydrogens is 436 g/mol. The largest absolute Gasteiger partial charge is 0.487 e. The van der Waals surface area contributed by atoms with E-state index in [9.17, 15) is 4.79 Å². The molecule has 9 heteroatoms. The third kappa shape index (κ3) is 4.99. The van der Waals surface area contributed by atoms with E-state index in [2.05, 4.69) is 25.8 Å². The predicted molar refractivity (Wildman–Crippen MR) is 127 cm³/mol. The number of rotatable bonds is 6. The molecule has 1 aromatic heterocycles. The second kappa shape index (κ2) is 9.49. The molecular formula is C24H18N6O2S. The summed E-state index contributed by atoms with van der Waals surface area (Å²) in [5.74, 6) is 0.410. The van der Waals surface area contributed by atoms with Crippen molar-refractivity contribution in [2.45, 2.75) is 6.61 Å². The lowest BCUT2D eigenvalue weighted by Gasteiger charge is -2.12. The maximum atomic E-state index is 12.5. The minimum Gasteiger partial charge on any atom is -0.487 e. The molecule has 0 aliphatic carbocycles. The monoisotopic (exact) mass is 454 g/mol. The summed E-state index contributed by atoms with van der Waals surface area (Å²) in [5, 5.41) is 14.8. The number of thioether (sulfide) groups is 1. The van der Waals surface area contributed by atoms with E-state index in [0.29, 0.717) is 28.1 Å². The maximum Gasteiger partial charge on any atom is 0.264 e. The van der Waals surface area contributed by atoms with Gasteiger partial charge in [0, 0.05) is 0 Å². The number of amidine groups is 1. The van der Waals surface area contributed by atoms with Gasteiger partial charge in [-0.05, 0) is 63.7 Å². The Labute approximate surface area is 194 Å². The Balaban J connectivity index is 1.41. The van der Waals surface area contributed by atoms with E-state index in [1.54, 1.807) is 4.68 Å². The second-order valence-electron chi connectivity index (χ2n) is 7.07. The number of carbonyl (C=O) groups is 1. The first-order chi connectivity index (χ1) is 16.2. The average molecular weight is 455 g/mol. The molecule has 1 amide bonds. The Bertz CT molecular complexity index is 1320. The van der Waals surface area contributed by atoms with Gasteiger partial charge in [0.1, 0.15) is 24.4 Å². The smallest absolute Gasteiger partial charge is 0.264 e. The molecule has 1 aliphatic rings. The quantitative estimate of drug-likeness (QED) is 0.440. The number of benzene rings is 3. The Morgan fingerprint density at radius 1 is 1.03 bits per heavy atom. The number of nitrogens with one attached hydrogen (secondary N) is 1. The lowest BCUT2D eigenvalue weighted by molar-refractivity contribution is -0.115. The topological polar surface area (TPSA) is 94.3 Å². The summed E-state index contributed by atoms with van der Waals surface area (Å²) in [7, 11) is 0. The summed E-state index contributed by atoms with van der Waals surface area (Å²) in [4.78, 5) is 17.5. The molecule has 8 nitrogen and oxygen atoms in total. The number of nitrogens with zero attached hydrogens (tertiary/aromatic N) is 5. The highest BCUT2D eigenvalue weighted by atomic mass is 32.2. The zero-order valence-electron chi connectivity index (χ0n) is 17.3. The van der Waals surface area contributed by atoms with Crippen LogP contribution in [0, 0.1) is 0 Å². The molecule has 33 heavy (non-hydrogen) atoms. The molecule has 4 aromatic rings. The van der Waals surface area contributed by atoms with Gasteiger partial charge in [0.2, 0.25) is 0 Å². The van der Waals surface area contributed by atoms with E-state index in [1.807, 2.05) is 84.9 Å². The van der Waals surface area contributed by atoms with Gasteiger partial charge < -0.3 is 10.1 Å². The minimum atomic E-state index is -0.189. The first-order valence-corrected chi connectivity index (χ1v) is 10.9. The van der Waals surface area contributed by atoms with Crippen LogP contribution in [0.5, 0.6) is 5.75 Å². The molecule has 0 radical (unpaired) electrons. The zero-order valence-corrected chi connectivity index (χ0v) is 18.1. The molecule has 3 aromatic carbocycles. The first kappa shape index (κ1) is 20.7. The lowest BCUT2D eigenvalue weighted by Crippen LogP contribution is -2.19. The second-order valence-corrected chi connectivity index (χ2v) is 8.10. The van der Waals surface area contributed by atoms with Crippen molar-refractivity contribution in [1.29, 1.82) is 0 Å². The van der Waals surface area contributed by atoms with Gasteiger partial charge in [0.05, 0.1) is 10.6 Å². The van der Waals surface area contributed by atoms with Crippen LogP contribution in [0.15, 0.2) is 95.1 Å². The van der Waals surface area contributed by atoms with Crippen LogP contribution in [0.4, 0.5) is 5.69 Å². The summed E-state index contributed by atoms with van der Waals surface area (Å²) in [6.45, 7) is 0.388. The van der Waals surface area contributed by atoms with E-state index >= 15 is 0 Å². The zero-order chi connectivity index (χ0) is 22.5. The summed E-state index contributed by atoms with van der Waals surface area (Å²) in [6.07, 6.45) is 3.32. The van der Waals surface area contributed by atoms with Crippen LogP contribution in [0.25, 0.3) is 11.8 Å². The number of amides is 1. The predicted octanol–water partition coefficient (Wildman–Crippen LogP) is 4.13. The number of ether oxygens (including phenoxy) is 1. The molecule has 0 bridgehead atoms. The Kier molecular flexibility index (Phi) is 5.94. The summed E-state index contributed by atoms with van der Waals surface area (Å²) in [5.41, 5.74) is 3.33. The average Bonchev–Trinajstić information content (AvgIpc) is 3.49. The van der Waals surface area contributed by atoms with Crippen LogP contribution in [0.3, 0.4) is 0 Å². The first-order valence-electron chi connectivity index (χ1n) is 10.1. The molecule has 1 saturated heterocycles. The van der Waals surface area contributed by atoms with Crippen molar-refractivity contribution in [2.75, 3.05) is 0 Å². The summed E-state index contributed by atoms with van der Waals surface area (Å²) < 4.78 is 7.64. The highest BCUT2D eigenvalue weighted by molar-refractivity contribution is 8.18. The van der Waals surface area contributed by atoms with E-state index in [-0.39, 0.29) is 5.91 Å². The summed E-state index contributed by atoms with van der Waals surface area (Å²) >= 11 is 1.30. The number of aromatic nitrogens is 4. The van der Waals surface area contributed by atoms with Crippen molar-refractivity contribution < 1.29 is 9.53 Å². The van der Waals surface area contributed by atoms with Crippen LogP contribution in [0.2, 0.25) is 0 Å². The molecule has 5 rings (SSSR count). The molecule has 162 valence electrons. The van der Waals surface area contributed by atoms with Gasteiger partial charge in [-0.3, -0.25) is 4.79 Å². The van der Waals surface area contributed by atoms with Crippen molar-refractivity contribution in [3.63, 3.8) is 0 Å². The third-order valence-electron chi connectivity index (χ3n) is 4.75. The van der Waals surface area contributed by atoms with Crippen LogP contribution in [-0.2, 0) is 11.4 Å². The van der Waals surface area contributed by atoms with Crippen molar-refractivity contribution >= 4 is 34.6 Å². The van der Waals surface area contributed by atoms with E-state index in [4.69, 9.17) is 4.74 Å². The number of tetrazole rings is 1. The van der Waals surface area contributed by atoms with E-state index < -0.39 is 0 Å². The van der Waals surface area contributed by atoms with Crippen molar-refractivity contribution in [1.82, 2.24) is 25.5 Å². The molecule has 1 aliphatic heterocycles. The van der Waals surface area contributed by atoms with Gasteiger partial charge in [0.15, 0.2) is 5.17 Å². The fraction of sp³-hybridized carbons (Fsp3) is 0.0417. The van der Waals surface area contributed by atoms with E-state index in [0.717, 1.165) is 16.8 Å². The standard InChI is InChI=1S/C24H18N6O2S/c31-23-22(33-24(27-23)26-19-9-5-2-6-10-19)14-18-11-12-20(30-16-25-28-29-30)21(13-18)32-15-17-7-3-1-4-8-17/h1-14,16H,15H2,(H,26,27,31)/b22-14+. The number of para-hydroxylation sites is 1. The lowest BCUT2D eigenvalue weighted by atomic mass is 10.1. The third-order valence-corrected chi connectivity index (χ3v) is 5.66. The number of aliphatic imine (C=N–C) groups is 1. The maximum absolute atomic E-state index is 12.5. The van der Waals surface area contributed by atoms with Crippen LogP contribution >= 0.6 is 11.8 Å². The van der Waals surface area contributed by atoms with Gasteiger partial charge in [-0.25, -0.2) is 4.99 Å². The SMILES string of the molecule is O=C1NC(=Nc2ccccc2)S/C1=C/c1ccc(-n2cnnn2)c(OCc2ccccc2)c1. The highest BCUT2D eigenvalue weighted by Gasteiger charge is 2.24. The number of hydrogen-bond donors (Lipinski definition) is 1. The molecule has 1 N–H and O–H groups in total. The molecule has 1 fully saturated rings. The van der Waals surface area contributed by atoms with Crippen LogP contribution < -0.4 is 10.1 Å². The van der Waals surface area contributed by atoms with Crippen molar-refractivity contribution in [3.8, 4) is 11.4 Å². The van der Waals surface area contributed by atoms with Gasteiger partial charge in [-0.2, -0.15) is 4.68 Å². The highest BCUT2D eigenvalue weighted by Crippen LogP contribution is 2.31. The van der Waals surface area contributed by atoms with Crippen LogP contribution in [-0.4, -0.2) is 31.3 Å². The normalized spacial score (nSPS) is 15.7. The molecule has 2 heterocycles. The Hall–Kier alpha value is -4.24. The molecule has 0 saturated carbocycles. The van der Waals surface area contributed by atoms with Crippen molar-refractivity contribution in [3.05, 3.63) is 101 Å². The molecule has 0 atom stereocenters. The minimum absolute atomic E-state index is 0.189. The van der Waals surface area contributed by atoms with Crippen LogP contribution in [0.1, 0.15) is 11.1 Å². The Morgan fingerprint density at radius 3 is 2.58 bits per heavy atom. The number of carbonyl (C=O) groups excluding carboxylic acids is 1. The number of hydrogen-bond acceptors (Lipinski definition) is 7. The fourth-order valence-electron chi connectivity index (χ4n) is 3.18. The Morgan fingerprint density at radius 2 is 1.82 bits per heavy atom. The van der Waals surface area contributed by atoms with Gasteiger partial charge in [0.25, 0.3) is 5.91 Å². The van der Waals surface area contributed by atoms with Gasteiger partial charge in [-0.15, -0.1) is 5.10 Å². The molecule has 0 spiro atoms. The van der Waals surface area contributed by atoms with Gasteiger partial charge in [-0.1, -0.05) is 54.6 Å². The summed E-state index contributed by atoms with van der Waals surface area (Å²) in [6, 6.07) is 25.0. The van der Waals surface area contributed by atoms with Crippen molar-refractivity contribution in [2.24, 2.45) is 4.99 Å². The fourth-order valence-corrected chi connectivity index (χ4v) is 4.03. The van der Waals surface area contributed by atoms with Gasteiger partial charge >= 0.3 is 0 Å².